The SMILES string of the molecule is O=C(NCc1nc2ccccc2[nH]1)C1CCN(c2ccc(Nc3cnccn3)nn2)CC1. The van der Waals surface area contributed by atoms with Gasteiger partial charge >= 0.3 is 0 Å². The van der Waals surface area contributed by atoms with E-state index in [1.807, 2.05) is 36.4 Å². The van der Waals surface area contributed by atoms with Crippen molar-refractivity contribution in [3.8, 4) is 0 Å². The standard InChI is InChI=1S/C22H23N9O/c32-22(25-14-20-26-16-3-1-2-4-17(16)27-20)15-7-11-31(12-8-15)21-6-5-18(29-30-21)28-19-13-23-9-10-24-19/h1-6,9-10,13,15H,7-8,11-12,14H2,(H,25,32)(H,26,27)(H,24,28,29). The second-order valence-electron chi connectivity index (χ2n) is 7.67. The van der Waals surface area contributed by atoms with Crippen LogP contribution in [-0.2, 0) is 11.3 Å². The van der Waals surface area contributed by atoms with Gasteiger partial charge in [0.25, 0.3) is 0 Å². The Labute approximate surface area is 184 Å². The van der Waals surface area contributed by atoms with E-state index >= 15 is 0 Å². The van der Waals surface area contributed by atoms with E-state index in [2.05, 4.69) is 45.7 Å². The number of H-pyrrole nitrogens is 1. The molecular formula is C22H23N9O. The van der Waals surface area contributed by atoms with Gasteiger partial charge in [0.15, 0.2) is 11.6 Å². The fraction of sp³-hybridized carbons (Fsp3) is 0.273. The van der Waals surface area contributed by atoms with Crippen LogP contribution in [0.4, 0.5) is 17.5 Å². The number of para-hydroxylation sites is 2. The zero-order valence-corrected chi connectivity index (χ0v) is 17.4. The van der Waals surface area contributed by atoms with Crippen LogP contribution in [0.2, 0.25) is 0 Å². The smallest absolute Gasteiger partial charge is 0.223 e. The summed E-state index contributed by atoms with van der Waals surface area (Å²) >= 11 is 0. The number of imidazole rings is 1. The fourth-order valence-corrected chi connectivity index (χ4v) is 3.83. The van der Waals surface area contributed by atoms with Crippen LogP contribution in [0.25, 0.3) is 11.0 Å². The van der Waals surface area contributed by atoms with Crippen LogP contribution in [0.5, 0.6) is 0 Å². The number of aromatic amines is 1. The lowest BCUT2D eigenvalue weighted by molar-refractivity contribution is -0.125. The maximum absolute atomic E-state index is 12.6. The zero-order chi connectivity index (χ0) is 21.8. The normalized spacial score (nSPS) is 14.4. The van der Waals surface area contributed by atoms with E-state index < -0.39 is 0 Å². The number of piperidine rings is 1. The monoisotopic (exact) mass is 429 g/mol. The molecule has 0 unspecified atom stereocenters. The number of carbonyl (C=O) groups excluding carboxylic acids is 1. The Kier molecular flexibility index (Phi) is 5.56. The highest BCUT2D eigenvalue weighted by Crippen LogP contribution is 2.22. The molecule has 0 bridgehead atoms. The van der Waals surface area contributed by atoms with Crippen molar-refractivity contribution in [3.05, 3.63) is 60.8 Å². The molecule has 1 amide bonds. The largest absolute Gasteiger partial charge is 0.355 e. The van der Waals surface area contributed by atoms with Gasteiger partial charge in [-0.3, -0.25) is 9.78 Å². The molecule has 32 heavy (non-hydrogen) atoms. The van der Waals surface area contributed by atoms with Gasteiger partial charge in [0, 0.05) is 31.4 Å². The Morgan fingerprint density at radius 1 is 1.06 bits per heavy atom. The van der Waals surface area contributed by atoms with Crippen LogP contribution < -0.4 is 15.5 Å². The van der Waals surface area contributed by atoms with Gasteiger partial charge in [0.2, 0.25) is 5.91 Å². The van der Waals surface area contributed by atoms with E-state index in [4.69, 9.17) is 0 Å². The lowest BCUT2D eigenvalue weighted by Crippen LogP contribution is -2.40. The minimum Gasteiger partial charge on any atom is -0.355 e. The Bertz CT molecular complexity index is 1150. The Morgan fingerprint density at radius 2 is 1.94 bits per heavy atom. The van der Waals surface area contributed by atoms with Crippen LogP contribution in [-0.4, -0.2) is 49.1 Å². The van der Waals surface area contributed by atoms with Crippen LogP contribution >= 0.6 is 0 Å². The van der Waals surface area contributed by atoms with E-state index in [0.29, 0.717) is 18.2 Å². The summed E-state index contributed by atoms with van der Waals surface area (Å²) < 4.78 is 0. The lowest BCUT2D eigenvalue weighted by Gasteiger charge is -2.31. The van der Waals surface area contributed by atoms with Crippen molar-refractivity contribution < 1.29 is 4.79 Å². The summed E-state index contributed by atoms with van der Waals surface area (Å²) in [7, 11) is 0. The molecule has 1 aliphatic heterocycles. The summed E-state index contributed by atoms with van der Waals surface area (Å²) in [6, 6.07) is 11.6. The summed E-state index contributed by atoms with van der Waals surface area (Å²) in [6.45, 7) is 1.92. The summed E-state index contributed by atoms with van der Waals surface area (Å²) in [5, 5.41) is 14.6. The molecule has 0 spiro atoms. The molecule has 1 saturated heterocycles. The zero-order valence-electron chi connectivity index (χ0n) is 17.4. The summed E-state index contributed by atoms with van der Waals surface area (Å²) in [5.41, 5.74) is 1.88. The van der Waals surface area contributed by atoms with E-state index in [-0.39, 0.29) is 11.8 Å². The van der Waals surface area contributed by atoms with Crippen LogP contribution in [0.3, 0.4) is 0 Å². The Hall–Kier alpha value is -4.08. The third-order valence-electron chi connectivity index (χ3n) is 5.53. The van der Waals surface area contributed by atoms with Crippen molar-refractivity contribution in [1.82, 2.24) is 35.5 Å². The van der Waals surface area contributed by atoms with Crippen LogP contribution in [0, 0.1) is 5.92 Å². The number of aromatic nitrogens is 6. The number of anilines is 3. The molecule has 162 valence electrons. The van der Waals surface area contributed by atoms with Crippen LogP contribution in [0.1, 0.15) is 18.7 Å². The highest BCUT2D eigenvalue weighted by atomic mass is 16.1. The quantitative estimate of drug-likeness (QED) is 0.427. The molecule has 10 heteroatoms. The number of carbonyl (C=O) groups is 1. The summed E-state index contributed by atoms with van der Waals surface area (Å²) in [4.78, 5) is 30.7. The number of hydrogen-bond donors (Lipinski definition) is 3. The van der Waals surface area contributed by atoms with E-state index in [9.17, 15) is 4.79 Å². The second-order valence-corrected chi connectivity index (χ2v) is 7.67. The molecular weight excluding hydrogens is 406 g/mol. The Morgan fingerprint density at radius 3 is 2.69 bits per heavy atom. The van der Waals surface area contributed by atoms with Crippen LogP contribution in [0.15, 0.2) is 55.0 Å². The first-order valence-corrected chi connectivity index (χ1v) is 10.6. The molecule has 5 rings (SSSR count). The number of amides is 1. The fourth-order valence-electron chi connectivity index (χ4n) is 3.83. The first-order chi connectivity index (χ1) is 15.7. The molecule has 1 aromatic carbocycles. The molecule has 0 saturated carbocycles. The third-order valence-corrected chi connectivity index (χ3v) is 5.53. The van der Waals surface area contributed by atoms with Crippen molar-refractivity contribution in [2.45, 2.75) is 19.4 Å². The van der Waals surface area contributed by atoms with Gasteiger partial charge in [0.05, 0.1) is 23.8 Å². The molecule has 4 aromatic rings. The summed E-state index contributed by atoms with van der Waals surface area (Å²) in [5.74, 6) is 2.84. The predicted molar refractivity (Wildman–Crippen MR) is 120 cm³/mol. The molecule has 0 radical (unpaired) electrons. The van der Waals surface area contributed by atoms with Crippen molar-refractivity contribution in [2.24, 2.45) is 5.92 Å². The predicted octanol–water partition coefficient (Wildman–Crippen LogP) is 2.42. The molecule has 1 aliphatic rings. The topological polar surface area (TPSA) is 125 Å². The van der Waals surface area contributed by atoms with Crippen molar-refractivity contribution in [2.75, 3.05) is 23.3 Å². The van der Waals surface area contributed by atoms with E-state index in [1.54, 1.807) is 18.6 Å². The molecule has 1 fully saturated rings. The number of fused-ring (bicyclic) bond motifs is 1. The molecule has 3 aromatic heterocycles. The number of benzene rings is 1. The highest BCUT2D eigenvalue weighted by molar-refractivity contribution is 5.79. The number of rotatable bonds is 6. The van der Waals surface area contributed by atoms with Gasteiger partial charge in [-0.25, -0.2) is 9.97 Å². The average molecular weight is 429 g/mol. The van der Waals surface area contributed by atoms with E-state index in [0.717, 1.165) is 48.6 Å². The van der Waals surface area contributed by atoms with Gasteiger partial charge in [-0.05, 0) is 37.1 Å². The number of nitrogens with one attached hydrogen (secondary N) is 3. The van der Waals surface area contributed by atoms with Gasteiger partial charge in [-0.15, -0.1) is 10.2 Å². The first-order valence-electron chi connectivity index (χ1n) is 10.6. The van der Waals surface area contributed by atoms with Crippen molar-refractivity contribution in [1.29, 1.82) is 0 Å². The van der Waals surface area contributed by atoms with E-state index in [1.165, 1.54) is 0 Å². The van der Waals surface area contributed by atoms with Gasteiger partial charge in [-0.1, -0.05) is 12.1 Å². The minimum absolute atomic E-state index is 0.0128. The molecule has 3 N–H and O–H groups in total. The number of hydrogen-bond acceptors (Lipinski definition) is 8. The average Bonchev–Trinajstić information content (AvgIpc) is 3.27. The van der Waals surface area contributed by atoms with Crippen molar-refractivity contribution >= 4 is 34.4 Å². The Balaban J connectivity index is 1.11. The maximum Gasteiger partial charge on any atom is 0.223 e. The molecule has 10 nitrogen and oxygen atoms in total. The molecule has 0 aliphatic carbocycles. The van der Waals surface area contributed by atoms with Crippen molar-refractivity contribution in [3.63, 3.8) is 0 Å². The molecule has 4 heterocycles. The second kappa shape index (κ2) is 8.96. The molecule has 0 atom stereocenters. The number of nitrogens with zero attached hydrogens (tertiary/aromatic N) is 6. The maximum atomic E-state index is 12.6. The van der Waals surface area contributed by atoms with Gasteiger partial charge in [-0.2, -0.15) is 0 Å². The lowest BCUT2D eigenvalue weighted by atomic mass is 9.96. The van der Waals surface area contributed by atoms with Gasteiger partial charge in [0.1, 0.15) is 11.6 Å². The minimum atomic E-state index is -0.0128. The summed E-state index contributed by atoms with van der Waals surface area (Å²) in [6.07, 6.45) is 6.39. The highest BCUT2D eigenvalue weighted by Gasteiger charge is 2.25. The van der Waals surface area contributed by atoms with Gasteiger partial charge < -0.3 is 20.5 Å². The third kappa shape index (κ3) is 4.48. The first kappa shape index (κ1) is 19.9.